The van der Waals surface area contributed by atoms with Crippen LogP contribution in [0.15, 0.2) is 0 Å². The predicted octanol–water partition coefficient (Wildman–Crippen LogP) is -1.06. The van der Waals surface area contributed by atoms with Gasteiger partial charge in [0.25, 0.3) is 0 Å². The molecule has 6 heteroatoms. The number of aliphatic hydroxyl groups excluding tert-OH is 1. The SMILES string of the molecule is CN(C)C1CCN(S(=O)(=O)CCO)C1. The zero-order chi connectivity index (χ0) is 10.8. The molecule has 0 aromatic carbocycles. The Morgan fingerprint density at radius 1 is 1.50 bits per heavy atom. The van der Waals surface area contributed by atoms with Crippen LogP contribution in [0.1, 0.15) is 6.42 Å². The Morgan fingerprint density at radius 2 is 2.14 bits per heavy atom. The lowest BCUT2D eigenvalue weighted by atomic mass is 10.2. The Balaban J connectivity index is 2.58. The molecule has 0 amide bonds. The molecule has 1 aliphatic heterocycles. The molecule has 1 fully saturated rings. The number of sulfonamides is 1. The standard InChI is InChI=1S/C8H18N2O3S/c1-9(2)8-3-4-10(7-8)14(12,13)6-5-11/h8,11H,3-7H2,1-2H3. The lowest BCUT2D eigenvalue weighted by molar-refractivity contribution is 0.299. The number of aliphatic hydroxyl groups is 1. The minimum Gasteiger partial charge on any atom is -0.395 e. The van der Waals surface area contributed by atoms with E-state index in [0.717, 1.165) is 6.42 Å². The van der Waals surface area contributed by atoms with E-state index in [2.05, 4.69) is 0 Å². The molecule has 84 valence electrons. The third-order valence-corrected chi connectivity index (χ3v) is 4.42. The van der Waals surface area contributed by atoms with E-state index in [1.165, 1.54) is 4.31 Å². The third kappa shape index (κ3) is 2.66. The van der Waals surface area contributed by atoms with Crippen LogP contribution >= 0.6 is 0 Å². The first-order valence-corrected chi connectivity index (χ1v) is 6.33. The molecule has 1 atom stereocenters. The van der Waals surface area contributed by atoms with Crippen LogP contribution < -0.4 is 0 Å². The van der Waals surface area contributed by atoms with Crippen LogP contribution in [0.2, 0.25) is 0 Å². The number of nitrogens with zero attached hydrogens (tertiary/aromatic N) is 2. The highest BCUT2D eigenvalue weighted by Crippen LogP contribution is 2.16. The summed E-state index contributed by atoms with van der Waals surface area (Å²) in [4.78, 5) is 2.04. The maximum Gasteiger partial charge on any atom is 0.216 e. The molecule has 0 aliphatic carbocycles. The van der Waals surface area contributed by atoms with Gasteiger partial charge in [-0.15, -0.1) is 0 Å². The molecule has 1 unspecified atom stereocenters. The van der Waals surface area contributed by atoms with Gasteiger partial charge in [0.2, 0.25) is 10.0 Å². The Labute approximate surface area is 85.4 Å². The number of rotatable bonds is 4. The summed E-state index contributed by atoms with van der Waals surface area (Å²) in [5.74, 6) is -0.160. The smallest absolute Gasteiger partial charge is 0.216 e. The van der Waals surface area contributed by atoms with Crippen molar-refractivity contribution in [2.75, 3.05) is 39.5 Å². The largest absolute Gasteiger partial charge is 0.395 e. The molecule has 0 bridgehead atoms. The molecule has 1 saturated heterocycles. The summed E-state index contributed by atoms with van der Waals surface area (Å²) in [6, 6.07) is 0.309. The summed E-state index contributed by atoms with van der Waals surface area (Å²) < 4.78 is 24.6. The van der Waals surface area contributed by atoms with Crippen LogP contribution in [-0.4, -0.2) is 68.3 Å². The maximum absolute atomic E-state index is 11.5. The lowest BCUT2D eigenvalue weighted by Crippen LogP contribution is -2.36. The van der Waals surface area contributed by atoms with Crippen LogP contribution in [0, 0.1) is 0 Å². The molecule has 14 heavy (non-hydrogen) atoms. The number of hydrogen-bond donors (Lipinski definition) is 1. The van der Waals surface area contributed by atoms with Gasteiger partial charge in [-0.3, -0.25) is 0 Å². The van der Waals surface area contributed by atoms with Gasteiger partial charge in [-0.1, -0.05) is 0 Å². The first kappa shape index (κ1) is 11.9. The second-order valence-corrected chi connectivity index (χ2v) is 5.89. The Kier molecular flexibility index (Phi) is 3.88. The topological polar surface area (TPSA) is 60.9 Å². The summed E-state index contributed by atoms with van der Waals surface area (Å²) in [6.07, 6.45) is 0.873. The second kappa shape index (κ2) is 4.57. The van der Waals surface area contributed by atoms with Crippen LogP contribution in [0.4, 0.5) is 0 Å². The average molecular weight is 222 g/mol. The first-order valence-electron chi connectivity index (χ1n) is 4.72. The van der Waals surface area contributed by atoms with E-state index < -0.39 is 10.0 Å². The molecule has 1 N–H and O–H groups in total. The van der Waals surface area contributed by atoms with Crippen molar-refractivity contribution < 1.29 is 13.5 Å². The second-order valence-electron chi connectivity index (χ2n) is 3.80. The van der Waals surface area contributed by atoms with Crippen LogP contribution in [-0.2, 0) is 10.0 Å². The Morgan fingerprint density at radius 3 is 2.57 bits per heavy atom. The van der Waals surface area contributed by atoms with Crippen molar-refractivity contribution in [2.24, 2.45) is 0 Å². The summed E-state index contributed by atoms with van der Waals surface area (Å²) >= 11 is 0. The van der Waals surface area contributed by atoms with E-state index in [4.69, 9.17) is 5.11 Å². The highest BCUT2D eigenvalue weighted by atomic mass is 32.2. The van der Waals surface area contributed by atoms with Crippen molar-refractivity contribution in [2.45, 2.75) is 12.5 Å². The van der Waals surface area contributed by atoms with Crippen LogP contribution in [0.5, 0.6) is 0 Å². The fraction of sp³-hybridized carbons (Fsp3) is 1.00. The van der Waals surface area contributed by atoms with E-state index >= 15 is 0 Å². The molecule has 0 radical (unpaired) electrons. The average Bonchev–Trinajstić information content (AvgIpc) is 2.51. The zero-order valence-corrected chi connectivity index (χ0v) is 9.50. The van der Waals surface area contributed by atoms with E-state index in [-0.39, 0.29) is 12.4 Å². The molecule has 0 aromatic rings. The normalized spacial score (nSPS) is 24.7. The van der Waals surface area contributed by atoms with Crippen LogP contribution in [0.3, 0.4) is 0 Å². The zero-order valence-electron chi connectivity index (χ0n) is 8.68. The molecule has 0 spiro atoms. The van der Waals surface area contributed by atoms with Crippen molar-refractivity contribution in [3.63, 3.8) is 0 Å². The molecule has 0 aromatic heterocycles. The summed E-state index contributed by atoms with van der Waals surface area (Å²) in [5, 5.41) is 8.62. The number of likely N-dealkylation sites (N-methyl/N-ethyl adjacent to an activating group) is 1. The van der Waals surface area contributed by atoms with E-state index in [0.29, 0.717) is 19.1 Å². The van der Waals surface area contributed by atoms with E-state index in [9.17, 15) is 8.42 Å². The molecule has 1 heterocycles. The fourth-order valence-corrected chi connectivity index (χ4v) is 2.90. The Hall–Kier alpha value is -0.170. The lowest BCUT2D eigenvalue weighted by Gasteiger charge is -2.19. The van der Waals surface area contributed by atoms with E-state index in [1.54, 1.807) is 0 Å². The van der Waals surface area contributed by atoms with Gasteiger partial charge in [-0.25, -0.2) is 12.7 Å². The summed E-state index contributed by atoms with van der Waals surface area (Å²) in [7, 11) is 0.683. The Bertz CT molecular complexity index is 276. The summed E-state index contributed by atoms with van der Waals surface area (Å²) in [5.41, 5.74) is 0. The van der Waals surface area contributed by atoms with Gasteiger partial charge in [-0.05, 0) is 20.5 Å². The van der Waals surface area contributed by atoms with Crippen molar-refractivity contribution in [1.29, 1.82) is 0 Å². The van der Waals surface area contributed by atoms with Gasteiger partial charge in [0.05, 0.1) is 12.4 Å². The van der Waals surface area contributed by atoms with Gasteiger partial charge >= 0.3 is 0 Å². The van der Waals surface area contributed by atoms with Crippen molar-refractivity contribution >= 4 is 10.0 Å². The molecular formula is C8H18N2O3S. The van der Waals surface area contributed by atoms with Crippen molar-refractivity contribution in [1.82, 2.24) is 9.21 Å². The molecular weight excluding hydrogens is 204 g/mol. The maximum atomic E-state index is 11.5. The van der Waals surface area contributed by atoms with Crippen molar-refractivity contribution in [3.8, 4) is 0 Å². The van der Waals surface area contributed by atoms with E-state index in [1.807, 2.05) is 19.0 Å². The third-order valence-electron chi connectivity index (χ3n) is 2.60. The molecule has 1 rings (SSSR count). The summed E-state index contributed by atoms with van der Waals surface area (Å²) in [6.45, 7) is 0.825. The van der Waals surface area contributed by atoms with Gasteiger partial charge in [-0.2, -0.15) is 0 Å². The predicted molar refractivity (Wildman–Crippen MR) is 54.5 cm³/mol. The monoisotopic (exact) mass is 222 g/mol. The van der Waals surface area contributed by atoms with Gasteiger partial charge in [0, 0.05) is 19.1 Å². The fourth-order valence-electron chi connectivity index (χ4n) is 1.63. The van der Waals surface area contributed by atoms with Crippen LogP contribution in [0.25, 0.3) is 0 Å². The first-order chi connectivity index (χ1) is 6.47. The molecule has 0 saturated carbocycles. The van der Waals surface area contributed by atoms with Gasteiger partial charge < -0.3 is 10.0 Å². The molecule has 1 aliphatic rings. The van der Waals surface area contributed by atoms with Gasteiger partial charge in [0.15, 0.2) is 0 Å². The highest BCUT2D eigenvalue weighted by molar-refractivity contribution is 7.89. The minimum atomic E-state index is -3.22. The molecule has 5 nitrogen and oxygen atoms in total. The quantitative estimate of drug-likeness (QED) is 0.659. The minimum absolute atomic E-state index is 0.160. The number of hydrogen-bond acceptors (Lipinski definition) is 4. The van der Waals surface area contributed by atoms with Gasteiger partial charge in [0.1, 0.15) is 0 Å². The van der Waals surface area contributed by atoms with Crippen molar-refractivity contribution in [3.05, 3.63) is 0 Å². The highest BCUT2D eigenvalue weighted by Gasteiger charge is 2.31.